The van der Waals surface area contributed by atoms with Gasteiger partial charge in [-0.25, -0.2) is 8.42 Å². The minimum absolute atomic E-state index is 0.0292. The molecule has 3 aromatic rings. The van der Waals surface area contributed by atoms with Crippen molar-refractivity contribution < 1.29 is 23.1 Å². The zero-order chi connectivity index (χ0) is 31.6. The molecule has 1 heterocycles. The van der Waals surface area contributed by atoms with Crippen LogP contribution in [0.5, 0.6) is 0 Å². The molecule has 0 spiro atoms. The van der Waals surface area contributed by atoms with E-state index in [1.165, 1.54) is 4.31 Å². The van der Waals surface area contributed by atoms with E-state index in [4.69, 9.17) is 23.2 Å². The van der Waals surface area contributed by atoms with E-state index < -0.39 is 34.4 Å². The van der Waals surface area contributed by atoms with Crippen molar-refractivity contribution in [1.29, 1.82) is 5.26 Å². The number of carboxylic acids is 1. The van der Waals surface area contributed by atoms with Crippen LogP contribution in [0.4, 0.5) is 0 Å². The molecule has 1 saturated carbocycles. The first kappa shape index (κ1) is 32.0. The predicted octanol–water partition coefficient (Wildman–Crippen LogP) is 6.21. The van der Waals surface area contributed by atoms with Crippen molar-refractivity contribution in [3.63, 3.8) is 0 Å². The number of amides is 1. The van der Waals surface area contributed by atoms with Crippen LogP contribution in [0.25, 0.3) is 0 Å². The van der Waals surface area contributed by atoms with Crippen LogP contribution in [0.1, 0.15) is 66.8 Å². The molecule has 4 atom stereocenters. The Labute approximate surface area is 268 Å². The Morgan fingerprint density at radius 2 is 1.77 bits per heavy atom. The van der Waals surface area contributed by atoms with Crippen molar-refractivity contribution in [2.75, 3.05) is 6.54 Å². The standard InChI is InChI=1S/C33H33Cl2N3O5S/c1-33(17-30(39)40)16-28(25-6-3-7-27(35)15-25)31(24-10-12-26(34)13-11-24)38(32(33)41)29(23-8-9-23)20-37(44(42)43)19-22-5-2-4-21(14-22)18-36/h2-7,10-15,23,28-29,31,44H,8-9,16-17,19-20H2,1H3,(H,39,40)/t28-,29-,31-,33-/m1/s1. The summed E-state index contributed by atoms with van der Waals surface area (Å²) in [6, 6.07) is 22.4. The van der Waals surface area contributed by atoms with Crippen molar-refractivity contribution in [3.05, 3.63) is 105 Å². The van der Waals surface area contributed by atoms with Crippen LogP contribution in [-0.4, -0.2) is 47.2 Å². The highest BCUT2D eigenvalue weighted by molar-refractivity contribution is 7.69. The Bertz CT molecular complexity index is 1660. The Morgan fingerprint density at radius 3 is 2.39 bits per heavy atom. The summed E-state index contributed by atoms with van der Waals surface area (Å²) in [5.41, 5.74) is 1.51. The van der Waals surface area contributed by atoms with E-state index in [1.807, 2.05) is 30.3 Å². The van der Waals surface area contributed by atoms with Gasteiger partial charge in [-0.1, -0.05) is 66.5 Å². The molecule has 1 aliphatic heterocycles. The summed E-state index contributed by atoms with van der Waals surface area (Å²) in [7, 11) is -3.05. The lowest BCUT2D eigenvalue weighted by molar-refractivity contribution is -0.161. The Morgan fingerprint density at radius 1 is 1.07 bits per heavy atom. The Balaban J connectivity index is 1.63. The van der Waals surface area contributed by atoms with Crippen LogP contribution in [0.3, 0.4) is 0 Å². The maximum Gasteiger partial charge on any atom is 0.304 e. The highest BCUT2D eigenvalue weighted by Gasteiger charge is 2.54. The molecule has 2 fully saturated rings. The predicted molar refractivity (Wildman–Crippen MR) is 169 cm³/mol. The summed E-state index contributed by atoms with van der Waals surface area (Å²) >= 11 is 12.7. The van der Waals surface area contributed by atoms with E-state index in [0.29, 0.717) is 21.2 Å². The lowest BCUT2D eigenvalue weighted by atomic mass is 9.67. The first-order valence-electron chi connectivity index (χ1n) is 14.4. The molecule has 8 nitrogen and oxygen atoms in total. The molecule has 1 saturated heterocycles. The van der Waals surface area contributed by atoms with Crippen molar-refractivity contribution in [2.24, 2.45) is 11.3 Å². The average Bonchev–Trinajstić information content (AvgIpc) is 3.82. The SMILES string of the molecule is C[C@]1(CC(=O)O)C[C@H](c2cccc(Cl)c2)[C@@H](c2ccc(Cl)cc2)N([C@H](CN(Cc2cccc(C#N)c2)[SH](=O)=O)C2CC2)C1=O. The first-order chi connectivity index (χ1) is 21.0. The summed E-state index contributed by atoms with van der Waals surface area (Å²) in [6.45, 7) is 1.76. The fourth-order valence-corrected chi connectivity index (χ4v) is 7.45. The number of piperidine rings is 1. The molecule has 1 N–H and O–H groups in total. The minimum atomic E-state index is -3.05. The van der Waals surface area contributed by atoms with Gasteiger partial charge >= 0.3 is 5.97 Å². The third-order valence-corrected chi connectivity index (χ3v) is 9.96. The molecular formula is C33H33Cl2N3O5S. The van der Waals surface area contributed by atoms with Crippen LogP contribution >= 0.6 is 23.2 Å². The Hall–Kier alpha value is -3.42. The number of halogens is 2. The van der Waals surface area contributed by atoms with Gasteiger partial charge in [-0.3, -0.25) is 9.59 Å². The molecule has 1 aliphatic carbocycles. The monoisotopic (exact) mass is 653 g/mol. The van der Waals surface area contributed by atoms with Gasteiger partial charge < -0.3 is 10.0 Å². The molecule has 1 amide bonds. The maximum atomic E-state index is 14.6. The number of hydrogen-bond donors (Lipinski definition) is 2. The zero-order valence-corrected chi connectivity index (χ0v) is 26.5. The molecule has 5 rings (SSSR count). The third kappa shape index (κ3) is 7.10. The molecule has 11 heteroatoms. The highest BCUT2D eigenvalue weighted by Crippen LogP contribution is 2.54. The van der Waals surface area contributed by atoms with Crippen molar-refractivity contribution in [2.45, 2.75) is 57.2 Å². The molecule has 230 valence electrons. The van der Waals surface area contributed by atoms with E-state index in [9.17, 15) is 28.4 Å². The number of aliphatic carboxylic acids is 1. The number of thiol groups is 1. The third-order valence-electron chi connectivity index (χ3n) is 8.71. The van der Waals surface area contributed by atoms with Gasteiger partial charge in [-0.15, -0.1) is 0 Å². The second-order valence-corrected chi connectivity index (χ2v) is 13.9. The molecular weight excluding hydrogens is 621 g/mol. The number of carboxylic acid groups (broad SMARTS) is 1. The number of nitrogens with zero attached hydrogens (tertiary/aromatic N) is 3. The van der Waals surface area contributed by atoms with Gasteiger partial charge in [0.25, 0.3) is 0 Å². The topological polar surface area (TPSA) is 119 Å². The molecule has 0 bridgehead atoms. The Kier molecular flexibility index (Phi) is 9.66. The molecule has 44 heavy (non-hydrogen) atoms. The fraction of sp³-hybridized carbons (Fsp3) is 0.364. The normalized spacial score (nSPS) is 22.6. The summed E-state index contributed by atoms with van der Waals surface area (Å²) in [4.78, 5) is 28.6. The highest BCUT2D eigenvalue weighted by atomic mass is 35.5. The molecule has 3 aromatic carbocycles. The fourth-order valence-electron chi connectivity index (χ4n) is 6.54. The van der Waals surface area contributed by atoms with E-state index in [1.54, 1.807) is 54.3 Å². The second kappa shape index (κ2) is 13.3. The second-order valence-electron chi connectivity index (χ2n) is 12.0. The number of carbonyl (C=O) groups excluding carboxylic acids is 1. The molecule has 0 radical (unpaired) electrons. The van der Waals surface area contributed by atoms with Crippen molar-refractivity contribution >= 4 is 46.0 Å². The van der Waals surface area contributed by atoms with E-state index in [0.717, 1.165) is 24.0 Å². The average molecular weight is 655 g/mol. The van der Waals surface area contributed by atoms with Gasteiger partial charge in [-0.2, -0.15) is 9.57 Å². The van der Waals surface area contributed by atoms with Crippen molar-refractivity contribution in [3.8, 4) is 6.07 Å². The number of rotatable bonds is 11. The van der Waals surface area contributed by atoms with E-state index in [2.05, 4.69) is 6.07 Å². The summed E-state index contributed by atoms with van der Waals surface area (Å²) < 4.78 is 26.7. The van der Waals surface area contributed by atoms with Crippen LogP contribution in [0.2, 0.25) is 10.0 Å². The minimum Gasteiger partial charge on any atom is -0.481 e. The molecule has 0 unspecified atom stereocenters. The summed E-state index contributed by atoms with van der Waals surface area (Å²) in [6.07, 6.45) is 1.52. The summed E-state index contributed by atoms with van der Waals surface area (Å²) in [5.74, 6) is -1.70. The number of benzene rings is 3. The van der Waals surface area contributed by atoms with Gasteiger partial charge in [0, 0.05) is 35.1 Å². The lowest BCUT2D eigenvalue weighted by Crippen LogP contribution is -2.58. The van der Waals surface area contributed by atoms with Gasteiger partial charge in [0.05, 0.1) is 29.5 Å². The number of nitriles is 1. The maximum absolute atomic E-state index is 14.6. The summed E-state index contributed by atoms with van der Waals surface area (Å²) in [5, 5.41) is 20.3. The lowest BCUT2D eigenvalue weighted by Gasteiger charge is -2.52. The number of carbonyl (C=O) groups is 2. The number of likely N-dealkylation sites (tertiary alicyclic amines) is 1. The smallest absolute Gasteiger partial charge is 0.304 e. The van der Waals surface area contributed by atoms with Gasteiger partial charge in [-0.05, 0) is 78.3 Å². The molecule has 2 aliphatic rings. The largest absolute Gasteiger partial charge is 0.481 e. The number of hydrogen-bond acceptors (Lipinski definition) is 5. The molecule has 0 aromatic heterocycles. The van der Waals surface area contributed by atoms with Gasteiger partial charge in [0.15, 0.2) is 0 Å². The van der Waals surface area contributed by atoms with E-state index in [-0.39, 0.29) is 43.7 Å². The van der Waals surface area contributed by atoms with Crippen LogP contribution < -0.4 is 0 Å². The first-order valence-corrected chi connectivity index (χ1v) is 16.3. The van der Waals surface area contributed by atoms with Gasteiger partial charge in [0.2, 0.25) is 16.8 Å². The zero-order valence-electron chi connectivity index (χ0n) is 24.1. The van der Waals surface area contributed by atoms with Crippen LogP contribution in [0.15, 0.2) is 72.8 Å². The van der Waals surface area contributed by atoms with Crippen LogP contribution in [-0.2, 0) is 27.0 Å². The van der Waals surface area contributed by atoms with Crippen LogP contribution in [0, 0.1) is 22.7 Å². The quantitative estimate of drug-likeness (QED) is 0.238. The van der Waals surface area contributed by atoms with E-state index >= 15 is 0 Å². The van der Waals surface area contributed by atoms with Crippen molar-refractivity contribution in [1.82, 2.24) is 9.21 Å². The van der Waals surface area contributed by atoms with Gasteiger partial charge in [0.1, 0.15) is 0 Å².